The van der Waals surface area contributed by atoms with Gasteiger partial charge < -0.3 is 19.4 Å². The van der Waals surface area contributed by atoms with Crippen LogP contribution in [0.4, 0.5) is 0 Å². The van der Waals surface area contributed by atoms with Crippen molar-refractivity contribution in [2.75, 3.05) is 40.9 Å². The largest absolute Gasteiger partial charge is 0.472 e. The minimum atomic E-state index is -4.46. The number of hydrogen-bond acceptors (Lipinski definition) is 6. The SMILES string of the molecule is CCCCC/C=C\C/C=C\CCCCCCCCCCCCCCCCCCCC(=O)OC(/C=C\CCCCCCCCCCCCC)C(COP(=O)(O)OCC[N+](C)(C)C)NC(=O)CCCCCCCCC/C=C\C/C=C\CCCCC. The molecule has 0 fully saturated rings. The van der Waals surface area contributed by atoms with Gasteiger partial charge in [0, 0.05) is 12.8 Å². The third kappa shape index (κ3) is 64.0. The van der Waals surface area contributed by atoms with Crippen molar-refractivity contribution in [3.63, 3.8) is 0 Å². The summed E-state index contributed by atoms with van der Waals surface area (Å²) < 4.78 is 30.8. The van der Waals surface area contributed by atoms with E-state index in [1.807, 2.05) is 33.3 Å². The Balaban J connectivity index is 5.04. The van der Waals surface area contributed by atoms with Crippen LogP contribution in [0.15, 0.2) is 60.8 Å². The van der Waals surface area contributed by atoms with E-state index in [0.29, 0.717) is 23.9 Å². The molecule has 0 rings (SSSR count). The number of carbonyl (C=O) groups is 2. The van der Waals surface area contributed by atoms with Gasteiger partial charge in [0.15, 0.2) is 0 Å². The Morgan fingerprint density at radius 2 is 0.735 bits per heavy atom. The quantitative estimate of drug-likeness (QED) is 0.0205. The zero-order valence-electron chi connectivity index (χ0n) is 55.7. The van der Waals surface area contributed by atoms with E-state index < -0.39 is 20.0 Å². The number of likely N-dealkylation sites (N-methyl/N-ethyl adjacent to an activating group) is 1. The summed E-state index contributed by atoms with van der Waals surface area (Å²) in [5, 5.41) is 3.07. The van der Waals surface area contributed by atoms with Crippen molar-refractivity contribution in [1.29, 1.82) is 0 Å². The van der Waals surface area contributed by atoms with E-state index in [0.717, 1.165) is 83.5 Å². The van der Waals surface area contributed by atoms with E-state index in [4.69, 9.17) is 13.8 Å². The molecule has 0 spiro atoms. The molecule has 0 saturated carbocycles. The van der Waals surface area contributed by atoms with Crippen molar-refractivity contribution < 1.29 is 37.3 Å². The lowest BCUT2D eigenvalue weighted by Crippen LogP contribution is -2.47. The third-order valence-corrected chi connectivity index (χ3v) is 16.9. The number of amides is 1. The first-order valence-corrected chi connectivity index (χ1v) is 37.1. The number of allylic oxidation sites excluding steroid dienone is 9. The van der Waals surface area contributed by atoms with Gasteiger partial charge in [-0.2, -0.15) is 0 Å². The second-order valence-corrected chi connectivity index (χ2v) is 26.9. The van der Waals surface area contributed by atoms with Gasteiger partial charge in [0.1, 0.15) is 19.3 Å². The monoisotopic (exact) mass is 1190 g/mol. The molecule has 0 heterocycles. The normalized spacial score (nSPS) is 13.9. The van der Waals surface area contributed by atoms with Crippen LogP contribution in [0, 0.1) is 0 Å². The van der Waals surface area contributed by atoms with Gasteiger partial charge in [-0.15, -0.1) is 0 Å². The first-order chi connectivity index (χ1) is 40.4. The maximum Gasteiger partial charge on any atom is 0.472 e. The van der Waals surface area contributed by atoms with Crippen molar-refractivity contribution in [3.05, 3.63) is 60.8 Å². The molecule has 3 atom stereocenters. The average molecular weight is 1190 g/mol. The molecule has 1 amide bonds. The Morgan fingerprint density at radius 3 is 1.11 bits per heavy atom. The fourth-order valence-electron chi connectivity index (χ4n) is 10.4. The van der Waals surface area contributed by atoms with Crippen LogP contribution < -0.4 is 5.32 Å². The minimum Gasteiger partial charge on any atom is -0.456 e. The van der Waals surface area contributed by atoms with Crippen LogP contribution >= 0.6 is 7.82 Å². The fourth-order valence-corrected chi connectivity index (χ4v) is 11.2. The van der Waals surface area contributed by atoms with Crippen LogP contribution in [-0.2, 0) is 27.9 Å². The Morgan fingerprint density at radius 1 is 0.422 bits per heavy atom. The van der Waals surface area contributed by atoms with Gasteiger partial charge in [-0.05, 0) is 96.0 Å². The number of nitrogens with zero attached hydrogens (tertiary/aromatic N) is 1. The van der Waals surface area contributed by atoms with Crippen LogP contribution in [0.25, 0.3) is 0 Å². The molecule has 3 unspecified atom stereocenters. The Hall–Kier alpha value is -2.29. The van der Waals surface area contributed by atoms with Crippen LogP contribution in [0.3, 0.4) is 0 Å². The fraction of sp³-hybridized carbons (Fsp3) is 0.836. The summed E-state index contributed by atoms with van der Waals surface area (Å²) in [5.74, 6) is -0.501. The van der Waals surface area contributed by atoms with Crippen molar-refractivity contribution >= 4 is 19.7 Å². The van der Waals surface area contributed by atoms with E-state index in [1.165, 1.54) is 225 Å². The number of phosphoric ester groups is 1. The highest BCUT2D eigenvalue weighted by atomic mass is 31.2. The maximum absolute atomic E-state index is 13.6. The molecular weight excluding hydrogens is 1050 g/mol. The minimum absolute atomic E-state index is 0.0390. The summed E-state index contributed by atoms with van der Waals surface area (Å²) in [6, 6.07) is -0.853. The maximum atomic E-state index is 13.6. The number of hydrogen-bond donors (Lipinski definition) is 2. The van der Waals surface area contributed by atoms with Gasteiger partial charge >= 0.3 is 13.8 Å². The molecule has 0 aromatic heterocycles. The summed E-state index contributed by atoms with van der Waals surface area (Å²) in [6.07, 6.45) is 80.9. The lowest BCUT2D eigenvalue weighted by molar-refractivity contribution is -0.870. The van der Waals surface area contributed by atoms with E-state index in [2.05, 4.69) is 74.7 Å². The summed E-state index contributed by atoms with van der Waals surface area (Å²) in [4.78, 5) is 37.9. The predicted molar refractivity (Wildman–Crippen MR) is 360 cm³/mol. The molecular formula is C73H138N2O7P+. The first kappa shape index (κ1) is 80.7. The number of ether oxygens (including phenoxy) is 1. The van der Waals surface area contributed by atoms with Gasteiger partial charge in [0.05, 0.1) is 33.8 Å². The smallest absolute Gasteiger partial charge is 0.456 e. The Bertz CT molecular complexity index is 1600. The van der Waals surface area contributed by atoms with Crippen molar-refractivity contribution in [2.45, 2.75) is 354 Å². The van der Waals surface area contributed by atoms with Crippen LogP contribution in [0.1, 0.15) is 342 Å². The van der Waals surface area contributed by atoms with E-state index >= 15 is 0 Å². The molecule has 486 valence electrons. The number of unbranched alkanes of at least 4 members (excludes halogenated alkanes) is 41. The van der Waals surface area contributed by atoms with Crippen molar-refractivity contribution in [2.24, 2.45) is 0 Å². The number of nitrogens with one attached hydrogen (secondary N) is 1. The number of carbonyl (C=O) groups excluding carboxylic acids is 2. The molecule has 0 aliphatic heterocycles. The Labute approximate surface area is 515 Å². The number of esters is 1. The van der Waals surface area contributed by atoms with Crippen molar-refractivity contribution in [3.8, 4) is 0 Å². The molecule has 2 N–H and O–H groups in total. The molecule has 0 aromatic carbocycles. The standard InChI is InChI=1S/C73H137N2O7P/c1-7-10-13-16-19-22-25-28-30-32-33-34-35-36-37-38-39-40-41-43-45-48-51-54-57-60-63-66-73(77)82-71(64-61-58-55-52-49-46-27-24-21-18-15-12-9-3)70(69-81-83(78,79)80-68-67-75(4,5)6)74-72(76)65-62-59-56-53-50-47-44-42-31-29-26-23-20-17-14-11-8-2/h19-20,22-23,28-31,61,64,70-71H,7-18,21,24-27,32-60,62-63,65-69H2,1-6H3,(H-,74,76,78,79)/p+1/b22-19-,23-20-,30-28-,31-29-,64-61-. The molecule has 0 aliphatic rings. The van der Waals surface area contributed by atoms with Crippen LogP contribution in [0.5, 0.6) is 0 Å². The lowest BCUT2D eigenvalue weighted by Gasteiger charge is -2.27. The summed E-state index contributed by atoms with van der Waals surface area (Å²) in [6.45, 7) is 7.00. The summed E-state index contributed by atoms with van der Waals surface area (Å²) in [7, 11) is 1.50. The second-order valence-electron chi connectivity index (χ2n) is 25.4. The van der Waals surface area contributed by atoms with Gasteiger partial charge in [0.25, 0.3) is 0 Å². The molecule has 0 aromatic rings. The van der Waals surface area contributed by atoms with Crippen molar-refractivity contribution in [1.82, 2.24) is 5.32 Å². The lowest BCUT2D eigenvalue weighted by atomic mass is 10.0. The number of rotatable bonds is 65. The van der Waals surface area contributed by atoms with Gasteiger partial charge in [0.2, 0.25) is 5.91 Å². The molecule has 0 radical (unpaired) electrons. The molecule has 83 heavy (non-hydrogen) atoms. The molecule has 9 nitrogen and oxygen atoms in total. The highest BCUT2D eigenvalue weighted by molar-refractivity contribution is 7.47. The number of phosphoric acid groups is 1. The molecule has 0 aliphatic carbocycles. The summed E-state index contributed by atoms with van der Waals surface area (Å²) in [5.41, 5.74) is 0. The van der Waals surface area contributed by atoms with E-state index in [-0.39, 0.29) is 25.1 Å². The van der Waals surface area contributed by atoms with Gasteiger partial charge in [-0.3, -0.25) is 18.6 Å². The summed E-state index contributed by atoms with van der Waals surface area (Å²) >= 11 is 0. The van der Waals surface area contributed by atoms with Gasteiger partial charge in [-0.25, -0.2) is 4.57 Å². The zero-order valence-corrected chi connectivity index (χ0v) is 56.6. The topological polar surface area (TPSA) is 111 Å². The molecule has 0 bridgehead atoms. The average Bonchev–Trinajstić information content (AvgIpc) is 3.47. The van der Waals surface area contributed by atoms with Crippen LogP contribution in [-0.4, -0.2) is 74.3 Å². The number of quaternary nitrogens is 1. The second kappa shape index (κ2) is 62.8. The predicted octanol–water partition coefficient (Wildman–Crippen LogP) is 22.6. The Kier molecular flexibility index (Phi) is 61.0. The first-order valence-electron chi connectivity index (χ1n) is 35.6. The van der Waals surface area contributed by atoms with Gasteiger partial charge in [-0.1, -0.05) is 294 Å². The molecule has 0 saturated heterocycles. The highest BCUT2D eigenvalue weighted by Crippen LogP contribution is 2.43. The van der Waals surface area contributed by atoms with E-state index in [9.17, 15) is 19.0 Å². The molecule has 10 heteroatoms. The zero-order chi connectivity index (χ0) is 60.7. The van der Waals surface area contributed by atoms with Crippen LogP contribution in [0.2, 0.25) is 0 Å². The third-order valence-electron chi connectivity index (χ3n) is 15.9. The highest BCUT2D eigenvalue weighted by Gasteiger charge is 2.30. The van der Waals surface area contributed by atoms with E-state index in [1.54, 1.807) is 0 Å².